The van der Waals surface area contributed by atoms with Crippen LogP contribution in [0.4, 0.5) is 5.82 Å². The van der Waals surface area contributed by atoms with Gasteiger partial charge in [0.05, 0.1) is 12.5 Å². The molecule has 1 aliphatic carbocycles. The van der Waals surface area contributed by atoms with Crippen LogP contribution >= 0.6 is 23.2 Å². The number of nitrogens with one attached hydrogen (secondary N) is 1. The summed E-state index contributed by atoms with van der Waals surface area (Å²) in [5.41, 5.74) is 0. The fourth-order valence-electron chi connectivity index (χ4n) is 3.29. The van der Waals surface area contributed by atoms with E-state index < -0.39 is 10.0 Å². The van der Waals surface area contributed by atoms with Crippen molar-refractivity contribution in [1.82, 2.24) is 14.3 Å². The van der Waals surface area contributed by atoms with Crippen molar-refractivity contribution < 1.29 is 8.42 Å². The summed E-state index contributed by atoms with van der Waals surface area (Å²) in [6, 6.07) is 0.241. The third kappa shape index (κ3) is 3.26. The standard InChI is InChI=1S/C12H16Cl2N4O2S/c1-21(19,20)18-5-7-2-9(3-8(7)6-18)16-11-10(13)4-15-12(14)17-11/h4,7-9H,2-3,5-6H2,1H3,(H,15,16,17). The molecule has 0 aromatic carbocycles. The summed E-state index contributed by atoms with van der Waals surface area (Å²) in [5.74, 6) is 1.34. The zero-order chi connectivity index (χ0) is 15.2. The molecule has 1 saturated carbocycles. The predicted molar refractivity (Wildman–Crippen MR) is 82.1 cm³/mol. The normalized spacial score (nSPS) is 29.6. The highest BCUT2D eigenvalue weighted by Crippen LogP contribution is 2.40. The zero-order valence-corrected chi connectivity index (χ0v) is 13.8. The maximum atomic E-state index is 11.6. The molecular weight excluding hydrogens is 335 g/mol. The van der Waals surface area contributed by atoms with Gasteiger partial charge < -0.3 is 5.32 Å². The van der Waals surface area contributed by atoms with Gasteiger partial charge in [-0.15, -0.1) is 0 Å². The Labute approximate surface area is 133 Å². The minimum absolute atomic E-state index is 0.156. The van der Waals surface area contributed by atoms with E-state index in [1.807, 2.05) is 0 Å². The third-order valence-corrected chi connectivity index (χ3v) is 5.94. The third-order valence-electron chi connectivity index (χ3n) is 4.24. The maximum absolute atomic E-state index is 11.6. The Hall–Kier alpha value is -0.630. The van der Waals surface area contributed by atoms with Crippen molar-refractivity contribution in [3.8, 4) is 0 Å². The summed E-state index contributed by atoms with van der Waals surface area (Å²) in [6.45, 7) is 1.22. The number of anilines is 1. The van der Waals surface area contributed by atoms with Crippen molar-refractivity contribution >= 4 is 39.0 Å². The minimum atomic E-state index is -3.08. The number of hydrogen-bond acceptors (Lipinski definition) is 5. The molecule has 6 nitrogen and oxygen atoms in total. The molecule has 0 amide bonds. The summed E-state index contributed by atoms with van der Waals surface area (Å²) in [5, 5.41) is 3.89. The van der Waals surface area contributed by atoms with E-state index in [0.717, 1.165) is 12.8 Å². The molecule has 1 N–H and O–H groups in total. The van der Waals surface area contributed by atoms with E-state index >= 15 is 0 Å². The Kier molecular flexibility index (Phi) is 4.02. The SMILES string of the molecule is CS(=O)(=O)N1CC2CC(Nc3nc(Cl)ncc3Cl)CC2C1. The summed E-state index contributed by atoms with van der Waals surface area (Å²) in [7, 11) is -3.08. The number of rotatable bonds is 3. The van der Waals surface area contributed by atoms with Gasteiger partial charge in [0.1, 0.15) is 10.8 Å². The van der Waals surface area contributed by atoms with Crippen LogP contribution in [0.2, 0.25) is 10.3 Å². The van der Waals surface area contributed by atoms with Gasteiger partial charge in [-0.3, -0.25) is 0 Å². The molecule has 0 radical (unpaired) electrons. The summed E-state index contributed by atoms with van der Waals surface area (Å²) >= 11 is 11.8. The average Bonchev–Trinajstić information content (AvgIpc) is 2.91. The number of nitrogens with zero attached hydrogens (tertiary/aromatic N) is 3. The Balaban J connectivity index is 1.64. The zero-order valence-electron chi connectivity index (χ0n) is 11.5. The van der Waals surface area contributed by atoms with E-state index in [1.165, 1.54) is 12.5 Å². The van der Waals surface area contributed by atoms with Gasteiger partial charge in [-0.2, -0.15) is 4.98 Å². The molecule has 2 atom stereocenters. The Morgan fingerprint density at radius 2 is 1.90 bits per heavy atom. The molecule has 2 aliphatic rings. The molecule has 9 heteroatoms. The molecule has 116 valence electrons. The highest BCUT2D eigenvalue weighted by Gasteiger charge is 2.43. The highest BCUT2D eigenvalue weighted by molar-refractivity contribution is 7.88. The second kappa shape index (κ2) is 5.53. The summed E-state index contributed by atoms with van der Waals surface area (Å²) in [4.78, 5) is 7.91. The molecule has 3 rings (SSSR count). The highest BCUT2D eigenvalue weighted by atomic mass is 35.5. The minimum Gasteiger partial charge on any atom is -0.366 e. The average molecular weight is 351 g/mol. The second-order valence-corrected chi connectivity index (χ2v) is 8.48. The van der Waals surface area contributed by atoms with Crippen LogP contribution in [-0.4, -0.2) is 48.1 Å². The molecule has 1 aliphatic heterocycles. The predicted octanol–water partition coefficient (Wildman–Crippen LogP) is 1.87. The van der Waals surface area contributed by atoms with Gasteiger partial charge in [0.15, 0.2) is 0 Å². The van der Waals surface area contributed by atoms with Crippen molar-refractivity contribution in [2.24, 2.45) is 11.8 Å². The van der Waals surface area contributed by atoms with Crippen molar-refractivity contribution in [2.75, 3.05) is 24.7 Å². The number of fused-ring (bicyclic) bond motifs is 1. The smallest absolute Gasteiger partial charge is 0.224 e. The van der Waals surface area contributed by atoms with Crippen LogP contribution in [0.15, 0.2) is 6.20 Å². The first-order chi connectivity index (χ1) is 9.83. The van der Waals surface area contributed by atoms with Crippen LogP contribution in [0, 0.1) is 11.8 Å². The van der Waals surface area contributed by atoms with E-state index in [4.69, 9.17) is 23.2 Å². The number of aromatic nitrogens is 2. The van der Waals surface area contributed by atoms with Crippen LogP contribution < -0.4 is 5.32 Å². The van der Waals surface area contributed by atoms with E-state index in [2.05, 4.69) is 15.3 Å². The van der Waals surface area contributed by atoms with Crippen LogP contribution in [0.25, 0.3) is 0 Å². The van der Waals surface area contributed by atoms with Gasteiger partial charge in [-0.1, -0.05) is 11.6 Å². The molecule has 1 aromatic heterocycles. The molecule has 2 fully saturated rings. The van der Waals surface area contributed by atoms with E-state index in [-0.39, 0.29) is 11.3 Å². The van der Waals surface area contributed by atoms with Crippen LogP contribution in [0.3, 0.4) is 0 Å². The Morgan fingerprint density at radius 3 is 2.48 bits per heavy atom. The molecule has 2 unspecified atom stereocenters. The first-order valence-corrected chi connectivity index (χ1v) is 9.33. The van der Waals surface area contributed by atoms with E-state index in [1.54, 1.807) is 4.31 Å². The second-order valence-electron chi connectivity index (χ2n) is 5.75. The first kappa shape index (κ1) is 15.3. The van der Waals surface area contributed by atoms with E-state index in [0.29, 0.717) is 35.8 Å². The number of hydrogen-bond donors (Lipinski definition) is 1. The van der Waals surface area contributed by atoms with Crippen molar-refractivity contribution in [2.45, 2.75) is 18.9 Å². The lowest BCUT2D eigenvalue weighted by Gasteiger charge is -2.18. The number of halogens is 2. The van der Waals surface area contributed by atoms with Gasteiger partial charge >= 0.3 is 0 Å². The molecule has 1 saturated heterocycles. The lowest BCUT2D eigenvalue weighted by atomic mass is 10.0. The summed E-state index contributed by atoms with van der Waals surface area (Å²) < 4.78 is 24.7. The van der Waals surface area contributed by atoms with Crippen LogP contribution in [0.5, 0.6) is 0 Å². The lowest BCUT2D eigenvalue weighted by molar-refractivity contribution is 0.444. The van der Waals surface area contributed by atoms with Crippen LogP contribution in [0.1, 0.15) is 12.8 Å². The van der Waals surface area contributed by atoms with Crippen molar-refractivity contribution in [1.29, 1.82) is 0 Å². The fraction of sp³-hybridized carbons (Fsp3) is 0.667. The monoisotopic (exact) mass is 350 g/mol. The summed E-state index contributed by atoms with van der Waals surface area (Å²) in [6.07, 6.45) is 4.57. The first-order valence-electron chi connectivity index (χ1n) is 6.72. The molecule has 21 heavy (non-hydrogen) atoms. The topological polar surface area (TPSA) is 75.2 Å². The Morgan fingerprint density at radius 1 is 1.29 bits per heavy atom. The molecule has 0 bridgehead atoms. The van der Waals surface area contributed by atoms with Gasteiger partial charge in [-0.25, -0.2) is 17.7 Å². The quantitative estimate of drug-likeness (QED) is 0.842. The molecule has 2 heterocycles. The maximum Gasteiger partial charge on any atom is 0.224 e. The van der Waals surface area contributed by atoms with Gasteiger partial charge in [0.25, 0.3) is 0 Å². The number of sulfonamides is 1. The fourth-order valence-corrected chi connectivity index (χ4v) is 4.49. The Bertz CT molecular complexity index is 641. The molecule has 1 aromatic rings. The van der Waals surface area contributed by atoms with Crippen molar-refractivity contribution in [3.05, 3.63) is 16.5 Å². The largest absolute Gasteiger partial charge is 0.366 e. The van der Waals surface area contributed by atoms with Gasteiger partial charge in [0.2, 0.25) is 15.3 Å². The lowest BCUT2D eigenvalue weighted by Crippen LogP contribution is -2.30. The molecular formula is C12H16Cl2N4O2S. The van der Waals surface area contributed by atoms with Crippen LogP contribution in [-0.2, 0) is 10.0 Å². The molecule has 0 spiro atoms. The van der Waals surface area contributed by atoms with Crippen molar-refractivity contribution in [3.63, 3.8) is 0 Å². The van der Waals surface area contributed by atoms with Gasteiger partial charge in [0, 0.05) is 19.1 Å². The van der Waals surface area contributed by atoms with E-state index in [9.17, 15) is 8.42 Å². The van der Waals surface area contributed by atoms with Gasteiger partial charge in [-0.05, 0) is 36.3 Å².